The van der Waals surface area contributed by atoms with Crippen LogP contribution in [0.4, 0.5) is 4.39 Å². The molecule has 2 rings (SSSR count). The van der Waals surface area contributed by atoms with Gasteiger partial charge in [-0.15, -0.1) is 0 Å². The lowest BCUT2D eigenvalue weighted by Crippen LogP contribution is -2.34. The van der Waals surface area contributed by atoms with Crippen LogP contribution in [0.2, 0.25) is 0 Å². The fourth-order valence-electron chi connectivity index (χ4n) is 2.20. The van der Waals surface area contributed by atoms with E-state index in [9.17, 15) is 4.39 Å². The number of halogens is 1. The fraction of sp³-hybridized carbons (Fsp3) is 0.294. The van der Waals surface area contributed by atoms with Crippen LogP contribution in [0.25, 0.3) is 0 Å². The monoisotopic (exact) mass is 257 g/mol. The van der Waals surface area contributed by atoms with Gasteiger partial charge < -0.3 is 5.73 Å². The van der Waals surface area contributed by atoms with Crippen molar-refractivity contribution in [2.75, 3.05) is 0 Å². The van der Waals surface area contributed by atoms with Crippen LogP contribution in [0, 0.1) is 12.7 Å². The van der Waals surface area contributed by atoms with E-state index in [1.165, 1.54) is 11.6 Å². The minimum atomic E-state index is -0.681. The summed E-state index contributed by atoms with van der Waals surface area (Å²) in [5.74, 6) is -0.208. The standard InChI is InChI=1S/C17H20FN/c1-4-13-6-5-7-14(10-13)17(3,19)15-9-8-12(2)16(18)11-15/h5-11H,4,19H2,1-3H3. The van der Waals surface area contributed by atoms with Gasteiger partial charge in [-0.25, -0.2) is 4.39 Å². The van der Waals surface area contributed by atoms with Gasteiger partial charge in [-0.3, -0.25) is 0 Å². The molecule has 100 valence electrons. The lowest BCUT2D eigenvalue weighted by atomic mass is 9.84. The molecular formula is C17H20FN. The van der Waals surface area contributed by atoms with E-state index >= 15 is 0 Å². The van der Waals surface area contributed by atoms with Crippen LogP contribution in [-0.2, 0) is 12.0 Å². The second-order valence-electron chi connectivity index (χ2n) is 5.22. The molecule has 0 amide bonds. The molecule has 0 aliphatic carbocycles. The second-order valence-corrected chi connectivity index (χ2v) is 5.22. The molecule has 0 aliphatic heterocycles. The van der Waals surface area contributed by atoms with E-state index in [-0.39, 0.29) is 5.82 Å². The van der Waals surface area contributed by atoms with Gasteiger partial charge in [0, 0.05) is 0 Å². The topological polar surface area (TPSA) is 26.0 Å². The van der Waals surface area contributed by atoms with Crippen LogP contribution in [0.1, 0.15) is 36.1 Å². The predicted octanol–water partition coefficient (Wildman–Crippen LogP) is 3.92. The summed E-state index contributed by atoms with van der Waals surface area (Å²) in [5, 5.41) is 0. The van der Waals surface area contributed by atoms with Gasteiger partial charge in [-0.2, -0.15) is 0 Å². The maximum absolute atomic E-state index is 13.7. The number of rotatable bonds is 3. The molecule has 0 radical (unpaired) electrons. The highest BCUT2D eigenvalue weighted by Gasteiger charge is 2.24. The quantitative estimate of drug-likeness (QED) is 0.886. The molecule has 1 unspecified atom stereocenters. The van der Waals surface area contributed by atoms with Crippen LogP contribution in [0.5, 0.6) is 0 Å². The molecule has 2 aromatic rings. The molecule has 1 nitrogen and oxygen atoms in total. The first-order valence-electron chi connectivity index (χ1n) is 6.60. The van der Waals surface area contributed by atoms with E-state index in [4.69, 9.17) is 5.73 Å². The van der Waals surface area contributed by atoms with Gasteiger partial charge in [0.15, 0.2) is 0 Å². The lowest BCUT2D eigenvalue weighted by Gasteiger charge is -2.27. The molecule has 0 bridgehead atoms. The summed E-state index contributed by atoms with van der Waals surface area (Å²) in [5.41, 5.74) is 9.44. The summed E-state index contributed by atoms with van der Waals surface area (Å²) in [4.78, 5) is 0. The van der Waals surface area contributed by atoms with Crippen LogP contribution < -0.4 is 5.73 Å². The van der Waals surface area contributed by atoms with Crippen molar-refractivity contribution >= 4 is 0 Å². The third kappa shape index (κ3) is 2.69. The highest BCUT2D eigenvalue weighted by Crippen LogP contribution is 2.28. The second kappa shape index (κ2) is 5.14. The number of hydrogen-bond acceptors (Lipinski definition) is 1. The van der Waals surface area contributed by atoms with Crippen molar-refractivity contribution < 1.29 is 4.39 Å². The highest BCUT2D eigenvalue weighted by molar-refractivity contribution is 5.40. The van der Waals surface area contributed by atoms with Crippen molar-refractivity contribution in [1.82, 2.24) is 0 Å². The van der Waals surface area contributed by atoms with Gasteiger partial charge in [0.2, 0.25) is 0 Å². The van der Waals surface area contributed by atoms with Gasteiger partial charge >= 0.3 is 0 Å². The highest BCUT2D eigenvalue weighted by atomic mass is 19.1. The number of aryl methyl sites for hydroxylation is 2. The van der Waals surface area contributed by atoms with Crippen LogP contribution >= 0.6 is 0 Å². The Morgan fingerprint density at radius 2 is 1.79 bits per heavy atom. The lowest BCUT2D eigenvalue weighted by molar-refractivity contribution is 0.577. The zero-order valence-corrected chi connectivity index (χ0v) is 11.7. The summed E-state index contributed by atoms with van der Waals surface area (Å²) in [6.07, 6.45) is 0.964. The van der Waals surface area contributed by atoms with E-state index in [0.29, 0.717) is 5.56 Å². The van der Waals surface area contributed by atoms with E-state index in [2.05, 4.69) is 19.1 Å². The fourth-order valence-corrected chi connectivity index (χ4v) is 2.20. The van der Waals surface area contributed by atoms with Crippen LogP contribution in [0.15, 0.2) is 42.5 Å². The number of nitrogens with two attached hydrogens (primary N) is 1. The molecular weight excluding hydrogens is 237 g/mol. The molecule has 2 aromatic carbocycles. The Hall–Kier alpha value is -1.67. The molecule has 1 atom stereocenters. The van der Waals surface area contributed by atoms with Crippen molar-refractivity contribution in [3.63, 3.8) is 0 Å². The zero-order valence-electron chi connectivity index (χ0n) is 11.7. The normalized spacial score (nSPS) is 14.2. The van der Waals surface area contributed by atoms with Crippen LogP contribution in [0.3, 0.4) is 0 Å². The van der Waals surface area contributed by atoms with E-state index < -0.39 is 5.54 Å². The Morgan fingerprint density at radius 1 is 1.11 bits per heavy atom. The molecule has 0 aromatic heterocycles. The summed E-state index contributed by atoms with van der Waals surface area (Å²) in [6, 6.07) is 13.4. The van der Waals surface area contributed by atoms with E-state index in [1.54, 1.807) is 13.0 Å². The molecule has 0 aliphatic rings. The average Bonchev–Trinajstić information content (AvgIpc) is 2.41. The molecule has 0 saturated carbocycles. The molecule has 0 saturated heterocycles. The maximum Gasteiger partial charge on any atom is 0.126 e. The Bertz CT molecular complexity index is 588. The van der Waals surface area contributed by atoms with Gasteiger partial charge in [0.05, 0.1) is 5.54 Å². The maximum atomic E-state index is 13.7. The Kier molecular flexibility index (Phi) is 3.72. The van der Waals surface area contributed by atoms with Crippen molar-refractivity contribution in [2.45, 2.75) is 32.7 Å². The third-order valence-electron chi connectivity index (χ3n) is 3.71. The molecule has 0 fully saturated rings. The first-order chi connectivity index (χ1) is 8.95. The largest absolute Gasteiger partial charge is 0.318 e. The summed E-state index contributed by atoms with van der Waals surface area (Å²) < 4.78 is 13.7. The Morgan fingerprint density at radius 3 is 2.42 bits per heavy atom. The van der Waals surface area contributed by atoms with Crippen molar-refractivity contribution in [1.29, 1.82) is 0 Å². The first-order valence-corrected chi connectivity index (χ1v) is 6.60. The predicted molar refractivity (Wildman–Crippen MR) is 77.6 cm³/mol. The smallest absolute Gasteiger partial charge is 0.126 e. The van der Waals surface area contributed by atoms with E-state index in [1.807, 2.05) is 25.1 Å². The van der Waals surface area contributed by atoms with Gasteiger partial charge in [-0.1, -0.05) is 43.3 Å². The third-order valence-corrected chi connectivity index (χ3v) is 3.71. The summed E-state index contributed by atoms with van der Waals surface area (Å²) in [7, 11) is 0. The average molecular weight is 257 g/mol. The SMILES string of the molecule is CCc1cccc(C(C)(N)c2ccc(C)c(F)c2)c1. The number of benzene rings is 2. The molecule has 2 N–H and O–H groups in total. The molecule has 2 heteroatoms. The summed E-state index contributed by atoms with van der Waals surface area (Å²) >= 11 is 0. The summed E-state index contributed by atoms with van der Waals surface area (Å²) in [6.45, 7) is 5.79. The van der Waals surface area contributed by atoms with Gasteiger partial charge in [0.25, 0.3) is 0 Å². The minimum absolute atomic E-state index is 0.208. The van der Waals surface area contributed by atoms with Crippen molar-refractivity contribution in [2.24, 2.45) is 5.73 Å². The van der Waals surface area contributed by atoms with Gasteiger partial charge in [0.1, 0.15) is 5.82 Å². The van der Waals surface area contributed by atoms with Crippen molar-refractivity contribution in [3.8, 4) is 0 Å². The first kappa shape index (κ1) is 13.8. The van der Waals surface area contributed by atoms with Gasteiger partial charge in [-0.05, 0) is 48.6 Å². The minimum Gasteiger partial charge on any atom is -0.318 e. The van der Waals surface area contributed by atoms with Crippen LogP contribution in [-0.4, -0.2) is 0 Å². The molecule has 0 heterocycles. The number of hydrogen-bond donors (Lipinski definition) is 1. The molecule has 19 heavy (non-hydrogen) atoms. The molecule has 0 spiro atoms. The Balaban J connectivity index is 2.47. The Labute approximate surface area is 114 Å². The van der Waals surface area contributed by atoms with Crippen molar-refractivity contribution in [3.05, 3.63) is 70.5 Å². The van der Waals surface area contributed by atoms with E-state index in [0.717, 1.165) is 17.5 Å². The zero-order chi connectivity index (χ0) is 14.0.